The Bertz CT molecular complexity index is 549. The second kappa shape index (κ2) is 9.41. The van der Waals surface area contributed by atoms with Crippen molar-refractivity contribution in [3.8, 4) is 0 Å². The van der Waals surface area contributed by atoms with Crippen molar-refractivity contribution in [3.05, 3.63) is 52.2 Å². The van der Waals surface area contributed by atoms with E-state index >= 15 is 0 Å². The Hall–Kier alpha value is -1.62. The molecule has 1 heterocycles. The molecule has 1 aromatic carbocycles. The van der Waals surface area contributed by atoms with Crippen molar-refractivity contribution in [2.75, 3.05) is 38.5 Å². The standard InChI is InChI=1S/C18H23NO2S/c1-3-19(12-13-21-15-20-2)17-9-6-16(7-10-17)8-11-18-5-4-14-22-18/h4-11,14H,3,12-13,15H2,1-2H3/b11-8+. The maximum Gasteiger partial charge on any atom is 0.146 e. The predicted octanol–water partition coefficient (Wildman–Crippen LogP) is 4.37. The van der Waals surface area contributed by atoms with Crippen LogP contribution in [0.4, 0.5) is 5.69 Å². The zero-order valence-corrected chi connectivity index (χ0v) is 14.0. The Morgan fingerprint density at radius 2 is 1.95 bits per heavy atom. The Kier molecular flexibility index (Phi) is 7.16. The van der Waals surface area contributed by atoms with Gasteiger partial charge in [0.1, 0.15) is 6.79 Å². The molecule has 0 N–H and O–H groups in total. The molecule has 0 bridgehead atoms. The van der Waals surface area contributed by atoms with E-state index < -0.39 is 0 Å². The van der Waals surface area contributed by atoms with Crippen molar-refractivity contribution in [3.63, 3.8) is 0 Å². The van der Waals surface area contributed by atoms with Gasteiger partial charge < -0.3 is 14.4 Å². The smallest absolute Gasteiger partial charge is 0.146 e. The minimum absolute atomic E-state index is 0.351. The summed E-state index contributed by atoms with van der Waals surface area (Å²) in [6, 6.07) is 12.8. The molecule has 0 unspecified atom stereocenters. The molecule has 0 amide bonds. The fourth-order valence-electron chi connectivity index (χ4n) is 2.15. The van der Waals surface area contributed by atoms with E-state index in [1.807, 2.05) is 0 Å². The zero-order valence-electron chi connectivity index (χ0n) is 13.2. The summed E-state index contributed by atoms with van der Waals surface area (Å²) in [5, 5.41) is 2.09. The minimum atomic E-state index is 0.351. The monoisotopic (exact) mass is 317 g/mol. The molecular formula is C18H23NO2S. The second-order valence-electron chi connectivity index (χ2n) is 4.83. The summed E-state index contributed by atoms with van der Waals surface area (Å²) in [5.41, 5.74) is 2.43. The molecule has 22 heavy (non-hydrogen) atoms. The maximum absolute atomic E-state index is 5.37. The van der Waals surface area contributed by atoms with Gasteiger partial charge in [-0.25, -0.2) is 0 Å². The number of nitrogens with zero attached hydrogens (tertiary/aromatic N) is 1. The van der Waals surface area contributed by atoms with E-state index in [-0.39, 0.29) is 0 Å². The molecule has 0 aliphatic rings. The van der Waals surface area contributed by atoms with E-state index in [1.165, 1.54) is 16.1 Å². The van der Waals surface area contributed by atoms with Crippen LogP contribution in [0.5, 0.6) is 0 Å². The number of hydrogen-bond donors (Lipinski definition) is 0. The summed E-state index contributed by atoms with van der Waals surface area (Å²) in [4.78, 5) is 3.57. The molecule has 4 heteroatoms. The van der Waals surface area contributed by atoms with E-state index in [0.29, 0.717) is 13.4 Å². The van der Waals surface area contributed by atoms with Gasteiger partial charge in [0.2, 0.25) is 0 Å². The normalized spacial score (nSPS) is 11.2. The average Bonchev–Trinajstić information content (AvgIpc) is 3.07. The highest BCUT2D eigenvalue weighted by atomic mass is 32.1. The van der Waals surface area contributed by atoms with Gasteiger partial charge in [0.25, 0.3) is 0 Å². The van der Waals surface area contributed by atoms with Crippen molar-refractivity contribution >= 4 is 29.2 Å². The van der Waals surface area contributed by atoms with Gasteiger partial charge in [-0.15, -0.1) is 11.3 Å². The Labute approximate surface area is 136 Å². The molecule has 0 atom stereocenters. The van der Waals surface area contributed by atoms with Crippen LogP contribution in [0.25, 0.3) is 12.2 Å². The molecule has 2 aromatic rings. The van der Waals surface area contributed by atoms with Crippen LogP contribution in [0.15, 0.2) is 41.8 Å². The van der Waals surface area contributed by atoms with Gasteiger partial charge in [-0.3, -0.25) is 0 Å². The highest BCUT2D eigenvalue weighted by Gasteiger charge is 2.03. The minimum Gasteiger partial charge on any atom is -0.369 e. The zero-order chi connectivity index (χ0) is 15.6. The number of hydrogen-bond acceptors (Lipinski definition) is 4. The van der Waals surface area contributed by atoms with Crippen LogP contribution in [0.3, 0.4) is 0 Å². The van der Waals surface area contributed by atoms with Crippen LogP contribution >= 0.6 is 11.3 Å². The van der Waals surface area contributed by atoms with Gasteiger partial charge in [-0.05, 0) is 42.1 Å². The first-order chi connectivity index (χ1) is 10.8. The lowest BCUT2D eigenvalue weighted by molar-refractivity contribution is -0.0274. The summed E-state index contributed by atoms with van der Waals surface area (Å²) >= 11 is 1.75. The molecule has 0 fully saturated rings. The first-order valence-corrected chi connectivity index (χ1v) is 8.34. The fraction of sp³-hybridized carbons (Fsp3) is 0.333. The van der Waals surface area contributed by atoms with E-state index in [2.05, 4.69) is 65.8 Å². The van der Waals surface area contributed by atoms with Gasteiger partial charge >= 0.3 is 0 Å². The molecule has 0 aliphatic heterocycles. The summed E-state index contributed by atoms with van der Waals surface area (Å²) in [5.74, 6) is 0. The number of rotatable bonds is 9. The average molecular weight is 317 g/mol. The van der Waals surface area contributed by atoms with E-state index in [9.17, 15) is 0 Å². The number of ether oxygens (including phenoxy) is 2. The van der Waals surface area contributed by atoms with Crippen LogP contribution in [0, 0.1) is 0 Å². The third-order valence-corrected chi connectivity index (χ3v) is 4.17. The molecule has 2 rings (SSSR count). The van der Waals surface area contributed by atoms with Gasteiger partial charge in [-0.2, -0.15) is 0 Å². The third-order valence-electron chi connectivity index (χ3n) is 3.33. The van der Waals surface area contributed by atoms with Gasteiger partial charge in [0.05, 0.1) is 6.61 Å². The fourth-order valence-corrected chi connectivity index (χ4v) is 2.77. The van der Waals surface area contributed by atoms with Crippen LogP contribution in [0.2, 0.25) is 0 Å². The number of likely N-dealkylation sites (N-methyl/N-ethyl adjacent to an activating group) is 1. The summed E-state index contributed by atoms with van der Waals surface area (Å²) in [7, 11) is 1.64. The van der Waals surface area contributed by atoms with E-state index in [1.54, 1.807) is 18.4 Å². The number of anilines is 1. The Morgan fingerprint density at radius 1 is 1.14 bits per heavy atom. The maximum atomic E-state index is 5.37. The first-order valence-electron chi connectivity index (χ1n) is 7.46. The van der Waals surface area contributed by atoms with Crippen LogP contribution < -0.4 is 4.90 Å². The van der Waals surface area contributed by atoms with Gasteiger partial charge in [-0.1, -0.05) is 24.3 Å². The number of thiophene rings is 1. The molecule has 0 saturated heterocycles. The summed E-state index contributed by atoms with van der Waals surface area (Å²) in [6.45, 7) is 5.00. The third kappa shape index (κ3) is 5.30. The second-order valence-corrected chi connectivity index (χ2v) is 5.81. The lowest BCUT2D eigenvalue weighted by Gasteiger charge is -2.23. The molecule has 3 nitrogen and oxygen atoms in total. The van der Waals surface area contributed by atoms with Crippen LogP contribution in [0.1, 0.15) is 17.4 Å². The van der Waals surface area contributed by atoms with Crippen molar-refractivity contribution < 1.29 is 9.47 Å². The molecule has 118 valence electrons. The lowest BCUT2D eigenvalue weighted by Crippen LogP contribution is -2.27. The van der Waals surface area contributed by atoms with Crippen LogP contribution in [-0.4, -0.2) is 33.6 Å². The number of benzene rings is 1. The highest BCUT2D eigenvalue weighted by molar-refractivity contribution is 7.10. The summed E-state index contributed by atoms with van der Waals surface area (Å²) < 4.78 is 10.3. The Morgan fingerprint density at radius 3 is 2.59 bits per heavy atom. The topological polar surface area (TPSA) is 21.7 Å². The lowest BCUT2D eigenvalue weighted by atomic mass is 10.1. The molecule has 0 spiro atoms. The number of methoxy groups -OCH3 is 1. The summed E-state index contributed by atoms with van der Waals surface area (Å²) in [6.07, 6.45) is 4.30. The van der Waals surface area contributed by atoms with Crippen molar-refractivity contribution in [1.29, 1.82) is 0 Å². The molecule has 0 aliphatic carbocycles. The van der Waals surface area contributed by atoms with E-state index in [4.69, 9.17) is 9.47 Å². The van der Waals surface area contributed by atoms with Crippen molar-refractivity contribution in [1.82, 2.24) is 0 Å². The van der Waals surface area contributed by atoms with Crippen molar-refractivity contribution in [2.24, 2.45) is 0 Å². The molecule has 0 saturated carbocycles. The molecule has 1 aromatic heterocycles. The highest BCUT2D eigenvalue weighted by Crippen LogP contribution is 2.18. The quantitative estimate of drug-likeness (QED) is 0.506. The van der Waals surface area contributed by atoms with Gasteiger partial charge in [0.15, 0.2) is 0 Å². The SMILES string of the molecule is CCN(CCOCOC)c1ccc(/C=C/c2cccs2)cc1. The largest absolute Gasteiger partial charge is 0.369 e. The molecular weight excluding hydrogens is 294 g/mol. The van der Waals surface area contributed by atoms with Gasteiger partial charge in [0, 0.05) is 30.8 Å². The van der Waals surface area contributed by atoms with Crippen molar-refractivity contribution in [2.45, 2.75) is 6.92 Å². The van der Waals surface area contributed by atoms with Crippen LogP contribution in [-0.2, 0) is 9.47 Å². The molecule has 0 radical (unpaired) electrons. The first kappa shape index (κ1) is 16.7. The Balaban J connectivity index is 1.91. The predicted molar refractivity (Wildman–Crippen MR) is 95.4 cm³/mol. The van der Waals surface area contributed by atoms with E-state index in [0.717, 1.165) is 13.1 Å².